The van der Waals surface area contributed by atoms with Crippen molar-refractivity contribution in [3.8, 4) is 6.07 Å². The van der Waals surface area contributed by atoms with E-state index in [0.29, 0.717) is 30.6 Å². The molecule has 2 rings (SSSR count). The second-order valence-electron chi connectivity index (χ2n) is 4.24. The zero-order chi connectivity index (χ0) is 14.0. The lowest BCUT2D eigenvalue weighted by molar-refractivity contribution is 0.0697. The van der Waals surface area contributed by atoms with Gasteiger partial charge in [-0.15, -0.1) is 0 Å². The van der Waals surface area contributed by atoms with Crippen molar-refractivity contribution >= 4 is 21.7 Å². The van der Waals surface area contributed by atoms with Crippen LogP contribution < -0.4 is 4.31 Å². The third kappa shape index (κ3) is 2.53. The number of anilines is 1. The summed E-state index contributed by atoms with van der Waals surface area (Å²) in [6, 6.07) is 6.00. The normalized spacial score (nSPS) is 14.6. The van der Waals surface area contributed by atoms with E-state index in [2.05, 4.69) is 0 Å². The Morgan fingerprint density at radius 2 is 2.21 bits per heavy atom. The maximum Gasteiger partial charge on any atom is 0.335 e. The number of benzene rings is 1. The predicted octanol–water partition coefficient (Wildman–Crippen LogP) is 0.991. The summed E-state index contributed by atoms with van der Waals surface area (Å²) >= 11 is 0. The molecule has 19 heavy (non-hydrogen) atoms. The van der Waals surface area contributed by atoms with Gasteiger partial charge in [-0.05, 0) is 36.6 Å². The molecule has 0 unspecified atom stereocenters. The fourth-order valence-electron chi connectivity index (χ4n) is 2.14. The lowest BCUT2D eigenvalue weighted by Gasteiger charge is -2.29. The molecular weight excluding hydrogens is 268 g/mol. The van der Waals surface area contributed by atoms with Gasteiger partial charge in [0.1, 0.15) is 0 Å². The number of carboxylic acids is 1. The van der Waals surface area contributed by atoms with Crippen LogP contribution in [0.3, 0.4) is 0 Å². The molecule has 1 aromatic carbocycles. The van der Waals surface area contributed by atoms with E-state index in [9.17, 15) is 13.2 Å². The van der Waals surface area contributed by atoms with Gasteiger partial charge in [0.05, 0.1) is 17.3 Å². The van der Waals surface area contributed by atoms with Crippen LogP contribution in [0.5, 0.6) is 0 Å². The summed E-state index contributed by atoms with van der Waals surface area (Å²) in [6.07, 6.45) is 1.25. The van der Waals surface area contributed by atoms with Crippen molar-refractivity contribution in [3.63, 3.8) is 0 Å². The topological polar surface area (TPSA) is 98.5 Å². The monoisotopic (exact) mass is 280 g/mol. The third-order valence-corrected chi connectivity index (χ3v) is 4.53. The van der Waals surface area contributed by atoms with Crippen molar-refractivity contribution < 1.29 is 18.3 Å². The second kappa shape index (κ2) is 4.90. The molecule has 0 aromatic heterocycles. The number of fused-ring (bicyclic) bond motifs is 1. The zero-order valence-corrected chi connectivity index (χ0v) is 10.9. The number of hydrogen-bond acceptors (Lipinski definition) is 4. The van der Waals surface area contributed by atoms with E-state index in [1.54, 1.807) is 6.07 Å². The number of sulfonamides is 1. The molecule has 7 heteroatoms. The molecule has 0 radical (unpaired) electrons. The van der Waals surface area contributed by atoms with Crippen LogP contribution in [0.1, 0.15) is 22.3 Å². The Kier molecular flexibility index (Phi) is 3.44. The molecule has 0 aliphatic carbocycles. The maximum absolute atomic E-state index is 12.0. The van der Waals surface area contributed by atoms with Crippen LogP contribution in [0.25, 0.3) is 0 Å². The minimum atomic E-state index is -3.66. The average molecular weight is 280 g/mol. The van der Waals surface area contributed by atoms with Gasteiger partial charge in [-0.1, -0.05) is 0 Å². The van der Waals surface area contributed by atoms with E-state index < -0.39 is 21.7 Å². The lowest BCUT2D eigenvalue weighted by atomic mass is 10.0. The van der Waals surface area contributed by atoms with Gasteiger partial charge in [-0.2, -0.15) is 5.26 Å². The molecule has 1 N–H and O–H groups in total. The first kappa shape index (κ1) is 13.4. The zero-order valence-electron chi connectivity index (χ0n) is 10.0. The molecule has 1 aliphatic rings. The van der Waals surface area contributed by atoms with Crippen LogP contribution in [-0.4, -0.2) is 31.8 Å². The van der Waals surface area contributed by atoms with Crippen LogP contribution in [0.15, 0.2) is 18.2 Å². The van der Waals surface area contributed by atoms with E-state index in [1.807, 2.05) is 0 Å². The summed E-state index contributed by atoms with van der Waals surface area (Å²) in [5.41, 5.74) is 1.30. The number of aromatic carboxylic acids is 1. The van der Waals surface area contributed by atoms with Crippen molar-refractivity contribution in [2.75, 3.05) is 16.6 Å². The Balaban J connectivity index is 2.47. The molecule has 0 atom stereocenters. The van der Waals surface area contributed by atoms with E-state index in [4.69, 9.17) is 10.4 Å². The van der Waals surface area contributed by atoms with Crippen LogP contribution in [0.2, 0.25) is 0 Å². The van der Waals surface area contributed by atoms with Crippen molar-refractivity contribution in [1.82, 2.24) is 0 Å². The Morgan fingerprint density at radius 3 is 2.84 bits per heavy atom. The maximum atomic E-state index is 12.0. The number of carbonyl (C=O) groups is 1. The predicted molar refractivity (Wildman–Crippen MR) is 68.5 cm³/mol. The summed E-state index contributed by atoms with van der Waals surface area (Å²) in [4.78, 5) is 10.9. The van der Waals surface area contributed by atoms with E-state index >= 15 is 0 Å². The third-order valence-electron chi connectivity index (χ3n) is 2.99. The molecule has 0 bridgehead atoms. The first-order valence-electron chi connectivity index (χ1n) is 5.69. The van der Waals surface area contributed by atoms with E-state index in [0.717, 1.165) is 0 Å². The van der Waals surface area contributed by atoms with Crippen molar-refractivity contribution in [2.24, 2.45) is 0 Å². The molecule has 0 fully saturated rings. The first-order chi connectivity index (χ1) is 8.95. The van der Waals surface area contributed by atoms with Gasteiger partial charge in [-0.25, -0.2) is 13.2 Å². The summed E-state index contributed by atoms with van der Waals surface area (Å²) < 4.78 is 25.1. The van der Waals surface area contributed by atoms with Gasteiger partial charge in [0.15, 0.2) is 5.75 Å². The highest BCUT2D eigenvalue weighted by molar-refractivity contribution is 7.93. The molecular formula is C12H12N2O4S. The molecule has 0 amide bonds. The summed E-state index contributed by atoms with van der Waals surface area (Å²) in [6.45, 7) is 0.323. The van der Waals surface area contributed by atoms with Gasteiger partial charge < -0.3 is 5.11 Å². The number of carboxylic acid groups (broad SMARTS) is 1. The number of nitrogens with zero attached hydrogens (tertiary/aromatic N) is 2. The van der Waals surface area contributed by atoms with Gasteiger partial charge in [-0.3, -0.25) is 4.31 Å². The minimum Gasteiger partial charge on any atom is -0.478 e. The van der Waals surface area contributed by atoms with Crippen LogP contribution in [-0.2, 0) is 16.4 Å². The standard InChI is InChI=1S/C12H12N2O4S/c13-5-7-19(17,18)14-6-1-2-9-8-10(12(15)16)3-4-11(9)14/h3-4,8H,1-2,6-7H2,(H,15,16). The Morgan fingerprint density at radius 1 is 1.47 bits per heavy atom. The van der Waals surface area contributed by atoms with Crippen molar-refractivity contribution in [2.45, 2.75) is 12.8 Å². The fourth-order valence-corrected chi connectivity index (χ4v) is 3.35. The second-order valence-corrected chi connectivity index (χ2v) is 6.13. The highest BCUT2D eigenvalue weighted by atomic mass is 32.2. The number of nitriles is 1. The fraction of sp³-hybridized carbons (Fsp3) is 0.333. The Bertz CT molecular complexity index is 661. The smallest absolute Gasteiger partial charge is 0.335 e. The summed E-state index contributed by atoms with van der Waals surface area (Å²) in [7, 11) is -3.66. The molecule has 0 saturated heterocycles. The molecule has 6 nitrogen and oxygen atoms in total. The van der Waals surface area contributed by atoms with Crippen LogP contribution in [0, 0.1) is 11.3 Å². The molecule has 1 heterocycles. The van der Waals surface area contributed by atoms with Crippen molar-refractivity contribution in [1.29, 1.82) is 5.26 Å². The first-order valence-corrected chi connectivity index (χ1v) is 7.30. The van der Waals surface area contributed by atoms with Crippen LogP contribution in [0.4, 0.5) is 5.69 Å². The number of rotatable bonds is 3. The summed E-state index contributed by atoms with van der Waals surface area (Å²) in [5.74, 6) is -1.62. The van der Waals surface area contributed by atoms with Gasteiger partial charge in [0, 0.05) is 6.54 Å². The highest BCUT2D eigenvalue weighted by Crippen LogP contribution is 2.30. The molecule has 1 aromatic rings. The van der Waals surface area contributed by atoms with Crippen molar-refractivity contribution in [3.05, 3.63) is 29.3 Å². The Hall–Kier alpha value is -2.07. The molecule has 1 aliphatic heterocycles. The van der Waals surface area contributed by atoms with Gasteiger partial charge >= 0.3 is 5.97 Å². The molecule has 100 valence electrons. The average Bonchev–Trinajstić information content (AvgIpc) is 2.37. The highest BCUT2D eigenvalue weighted by Gasteiger charge is 2.27. The lowest BCUT2D eigenvalue weighted by Crippen LogP contribution is -2.36. The van der Waals surface area contributed by atoms with Gasteiger partial charge in [0.25, 0.3) is 0 Å². The Labute approximate surface area is 110 Å². The van der Waals surface area contributed by atoms with E-state index in [1.165, 1.54) is 22.5 Å². The summed E-state index contributed by atoms with van der Waals surface area (Å²) in [5, 5.41) is 17.5. The quantitative estimate of drug-likeness (QED) is 0.890. The van der Waals surface area contributed by atoms with Gasteiger partial charge in [0.2, 0.25) is 10.0 Å². The van der Waals surface area contributed by atoms with Crippen LogP contribution >= 0.6 is 0 Å². The number of hydrogen-bond donors (Lipinski definition) is 1. The SMILES string of the molecule is N#CCS(=O)(=O)N1CCCc2cc(C(=O)O)ccc21. The molecule has 0 saturated carbocycles. The molecule has 0 spiro atoms. The largest absolute Gasteiger partial charge is 0.478 e. The van der Waals surface area contributed by atoms with E-state index in [-0.39, 0.29) is 5.56 Å². The minimum absolute atomic E-state index is 0.137. The number of aryl methyl sites for hydroxylation is 1.